The summed E-state index contributed by atoms with van der Waals surface area (Å²) in [6.45, 7) is -0.345. The van der Waals surface area contributed by atoms with E-state index in [1.165, 1.54) is 11.9 Å². The first-order chi connectivity index (χ1) is 5.31. The van der Waals surface area contributed by atoms with E-state index in [0.29, 0.717) is 0 Å². The molecule has 0 aromatic rings. The number of carbonyl (C=O) groups is 1. The van der Waals surface area contributed by atoms with E-state index in [1.54, 1.807) is 0 Å². The summed E-state index contributed by atoms with van der Waals surface area (Å²) in [5, 5.41) is 0. The molecule has 3 nitrogen and oxygen atoms in total. The fourth-order valence-electron chi connectivity index (χ4n) is 0.663. The van der Waals surface area contributed by atoms with Crippen molar-refractivity contribution in [3.63, 3.8) is 0 Å². The van der Waals surface area contributed by atoms with Crippen molar-refractivity contribution in [2.45, 2.75) is 12.6 Å². The quantitative estimate of drug-likeness (QED) is 0.685. The first-order valence-corrected chi connectivity index (χ1v) is 3.35. The Kier molecular flexibility index (Phi) is 4.02. The predicted octanol–water partition coefficient (Wildman–Crippen LogP) is 0.356. The molecule has 0 radical (unpaired) electrons. The van der Waals surface area contributed by atoms with E-state index in [-0.39, 0.29) is 13.1 Å². The summed E-state index contributed by atoms with van der Waals surface area (Å²) < 4.78 is 34.8. The maximum absolute atomic E-state index is 11.6. The summed E-state index contributed by atoms with van der Waals surface area (Å²) in [7, 11) is 1.41. The van der Waals surface area contributed by atoms with Crippen LogP contribution in [0, 0.1) is 0 Å². The van der Waals surface area contributed by atoms with Crippen molar-refractivity contribution in [3.8, 4) is 0 Å². The molecule has 0 aliphatic carbocycles. The fraction of sp³-hybridized carbons (Fsp3) is 0.833. The van der Waals surface area contributed by atoms with Gasteiger partial charge < -0.3 is 5.73 Å². The Hall–Kier alpha value is -0.780. The highest BCUT2D eigenvalue weighted by atomic mass is 19.4. The van der Waals surface area contributed by atoms with Crippen LogP contribution in [-0.4, -0.2) is 37.1 Å². The summed E-state index contributed by atoms with van der Waals surface area (Å²) in [5.74, 6) is -0.625. The van der Waals surface area contributed by atoms with Gasteiger partial charge in [-0.1, -0.05) is 0 Å². The van der Waals surface area contributed by atoms with E-state index in [1.807, 2.05) is 0 Å². The second kappa shape index (κ2) is 4.30. The SMILES string of the molecule is CN(CCC(F)(F)F)CC(N)=O. The van der Waals surface area contributed by atoms with Crippen LogP contribution in [-0.2, 0) is 4.79 Å². The third-order valence-electron chi connectivity index (χ3n) is 1.20. The molecule has 0 aromatic carbocycles. The number of primary amides is 1. The summed E-state index contributed by atoms with van der Waals surface area (Å²) in [4.78, 5) is 11.5. The van der Waals surface area contributed by atoms with Gasteiger partial charge in [-0.2, -0.15) is 13.2 Å². The molecule has 12 heavy (non-hydrogen) atoms. The number of nitrogens with zero attached hydrogens (tertiary/aromatic N) is 1. The van der Waals surface area contributed by atoms with E-state index < -0.39 is 18.5 Å². The maximum atomic E-state index is 11.6. The second-order valence-electron chi connectivity index (χ2n) is 2.57. The Bertz CT molecular complexity index is 157. The molecular weight excluding hydrogens is 173 g/mol. The van der Waals surface area contributed by atoms with Crippen LogP contribution in [0.1, 0.15) is 6.42 Å². The number of amides is 1. The molecular formula is C6H11F3N2O. The summed E-state index contributed by atoms with van der Waals surface area (Å²) in [5.41, 5.74) is 4.77. The van der Waals surface area contributed by atoms with Crippen LogP contribution in [0.5, 0.6) is 0 Å². The number of rotatable bonds is 4. The van der Waals surface area contributed by atoms with Crippen LogP contribution in [0.2, 0.25) is 0 Å². The van der Waals surface area contributed by atoms with Crippen molar-refractivity contribution < 1.29 is 18.0 Å². The van der Waals surface area contributed by atoms with E-state index >= 15 is 0 Å². The summed E-state index contributed by atoms with van der Waals surface area (Å²) in [6.07, 6.45) is -5.09. The minimum Gasteiger partial charge on any atom is -0.369 e. The average Bonchev–Trinajstić information content (AvgIpc) is 1.80. The fourth-order valence-corrected chi connectivity index (χ4v) is 0.663. The lowest BCUT2D eigenvalue weighted by atomic mass is 10.4. The highest BCUT2D eigenvalue weighted by Gasteiger charge is 2.27. The van der Waals surface area contributed by atoms with E-state index in [9.17, 15) is 18.0 Å². The normalized spacial score (nSPS) is 12.1. The number of likely N-dealkylation sites (N-methyl/N-ethyl adjacent to an activating group) is 1. The van der Waals surface area contributed by atoms with Gasteiger partial charge in [-0.05, 0) is 7.05 Å². The highest BCUT2D eigenvalue weighted by Crippen LogP contribution is 2.19. The molecule has 0 bridgehead atoms. The molecule has 2 N–H and O–H groups in total. The zero-order valence-corrected chi connectivity index (χ0v) is 6.69. The van der Waals surface area contributed by atoms with Crippen LogP contribution in [0.15, 0.2) is 0 Å². The van der Waals surface area contributed by atoms with Crippen LogP contribution in [0.3, 0.4) is 0 Å². The number of nitrogens with two attached hydrogens (primary N) is 1. The molecule has 0 aliphatic rings. The van der Waals surface area contributed by atoms with Crippen molar-refractivity contribution in [2.75, 3.05) is 20.1 Å². The van der Waals surface area contributed by atoms with Gasteiger partial charge in [-0.25, -0.2) is 0 Å². The number of hydrogen-bond donors (Lipinski definition) is 1. The highest BCUT2D eigenvalue weighted by molar-refractivity contribution is 5.75. The molecule has 72 valence electrons. The van der Waals surface area contributed by atoms with Gasteiger partial charge in [-0.3, -0.25) is 9.69 Å². The standard InChI is InChI=1S/C6H11F3N2O/c1-11(4-5(10)12)3-2-6(7,8)9/h2-4H2,1H3,(H2,10,12). The Morgan fingerprint density at radius 1 is 1.50 bits per heavy atom. The van der Waals surface area contributed by atoms with Gasteiger partial charge in [0.05, 0.1) is 13.0 Å². The Morgan fingerprint density at radius 2 is 2.00 bits per heavy atom. The molecule has 0 aromatic heterocycles. The third-order valence-corrected chi connectivity index (χ3v) is 1.20. The zero-order valence-electron chi connectivity index (χ0n) is 6.69. The molecule has 0 atom stereocenters. The van der Waals surface area contributed by atoms with Crippen molar-refractivity contribution >= 4 is 5.91 Å². The van der Waals surface area contributed by atoms with Crippen molar-refractivity contribution in [2.24, 2.45) is 5.73 Å². The van der Waals surface area contributed by atoms with Crippen LogP contribution >= 0.6 is 0 Å². The molecule has 0 saturated carbocycles. The Morgan fingerprint density at radius 3 is 2.33 bits per heavy atom. The second-order valence-corrected chi connectivity index (χ2v) is 2.57. The minimum absolute atomic E-state index is 0.143. The van der Waals surface area contributed by atoms with E-state index in [4.69, 9.17) is 5.73 Å². The first-order valence-electron chi connectivity index (χ1n) is 3.35. The van der Waals surface area contributed by atoms with Gasteiger partial charge in [-0.15, -0.1) is 0 Å². The molecule has 0 unspecified atom stereocenters. The molecule has 0 saturated heterocycles. The molecule has 0 rings (SSSR count). The maximum Gasteiger partial charge on any atom is 0.390 e. The van der Waals surface area contributed by atoms with E-state index in [0.717, 1.165) is 0 Å². The van der Waals surface area contributed by atoms with E-state index in [2.05, 4.69) is 0 Å². The minimum atomic E-state index is -4.17. The summed E-state index contributed by atoms with van der Waals surface area (Å²) >= 11 is 0. The van der Waals surface area contributed by atoms with Gasteiger partial charge in [0.25, 0.3) is 0 Å². The Balaban J connectivity index is 3.57. The number of halogens is 3. The van der Waals surface area contributed by atoms with Gasteiger partial charge in [0, 0.05) is 6.54 Å². The molecule has 0 heterocycles. The zero-order chi connectivity index (χ0) is 9.78. The van der Waals surface area contributed by atoms with Crippen LogP contribution in [0.4, 0.5) is 13.2 Å². The molecule has 1 amide bonds. The van der Waals surface area contributed by atoms with Gasteiger partial charge >= 0.3 is 6.18 Å². The van der Waals surface area contributed by atoms with Gasteiger partial charge in [0.15, 0.2) is 0 Å². The van der Waals surface area contributed by atoms with Crippen molar-refractivity contribution in [1.82, 2.24) is 4.90 Å². The molecule has 6 heteroatoms. The number of hydrogen-bond acceptors (Lipinski definition) is 2. The summed E-state index contributed by atoms with van der Waals surface area (Å²) in [6, 6.07) is 0. The average molecular weight is 184 g/mol. The number of alkyl halides is 3. The smallest absolute Gasteiger partial charge is 0.369 e. The molecule has 0 aliphatic heterocycles. The Labute approximate surface area is 68.3 Å². The lowest BCUT2D eigenvalue weighted by Gasteiger charge is -2.15. The van der Waals surface area contributed by atoms with Crippen LogP contribution in [0.25, 0.3) is 0 Å². The first kappa shape index (κ1) is 11.2. The number of carbonyl (C=O) groups excluding carboxylic acids is 1. The lowest BCUT2D eigenvalue weighted by Crippen LogP contribution is -2.33. The molecule has 0 fully saturated rings. The topological polar surface area (TPSA) is 46.3 Å². The van der Waals surface area contributed by atoms with Crippen molar-refractivity contribution in [3.05, 3.63) is 0 Å². The predicted molar refractivity (Wildman–Crippen MR) is 37.4 cm³/mol. The van der Waals surface area contributed by atoms with Gasteiger partial charge in [0.2, 0.25) is 5.91 Å². The molecule has 0 spiro atoms. The lowest BCUT2D eigenvalue weighted by molar-refractivity contribution is -0.138. The largest absolute Gasteiger partial charge is 0.390 e. The van der Waals surface area contributed by atoms with Crippen LogP contribution < -0.4 is 5.73 Å². The third kappa shape index (κ3) is 7.33. The monoisotopic (exact) mass is 184 g/mol. The van der Waals surface area contributed by atoms with Crippen molar-refractivity contribution in [1.29, 1.82) is 0 Å². The van der Waals surface area contributed by atoms with Gasteiger partial charge in [0.1, 0.15) is 0 Å².